The minimum atomic E-state index is -0.249. The van der Waals surface area contributed by atoms with Crippen molar-refractivity contribution in [2.24, 2.45) is 0 Å². The minimum Gasteiger partial charge on any atom is -0.465 e. The topological polar surface area (TPSA) is 30.7 Å². The monoisotopic (exact) mass is 261 g/mol. The maximum absolute atomic E-state index is 10.9. The van der Waals surface area contributed by atoms with Gasteiger partial charge in [0, 0.05) is 5.33 Å². The largest absolute Gasteiger partial charge is 0.465 e. The van der Waals surface area contributed by atoms with Gasteiger partial charge in [-0.1, -0.05) is 28.8 Å². The lowest BCUT2D eigenvalue weighted by Crippen LogP contribution is -2.06. The standard InChI is InChI=1S/C10H16BrNO2/c1-12-8-6-10(13)14-9-5-3-2-4-7-11/h2-9H2. The molecule has 0 N–H and O–H groups in total. The predicted octanol–water partition coefficient (Wildman–Crippen LogP) is 2.79. The van der Waals surface area contributed by atoms with E-state index in [1.165, 1.54) is 12.8 Å². The molecule has 0 heterocycles. The third kappa shape index (κ3) is 9.53. The first-order valence-electron chi connectivity index (χ1n) is 4.86. The smallest absolute Gasteiger partial charge is 0.313 e. The van der Waals surface area contributed by atoms with Gasteiger partial charge in [-0.3, -0.25) is 4.79 Å². The van der Waals surface area contributed by atoms with Gasteiger partial charge in [-0.15, -0.1) is 0 Å². The SMILES string of the molecule is [C-]#[N+]CCC(=O)OCCCCCCBr. The van der Waals surface area contributed by atoms with Crippen molar-refractivity contribution >= 4 is 21.9 Å². The zero-order valence-electron chi connectivity index (χ0n) is 8.30. The van der Waals surface area contributed by atoms with Gasteiger partial charge in [0.15, 0.2) is 0 Å². The molecule has 0 spiro atoms. The van der Waals surface area contributed by atoms with Crippen LogP contribution in [-0.4, -0.2) is 24.5 Å². The van der Waals surface area contributed by atoms with Crippen LogP contribution in [0.1, 0.15) is 32.1 Å². The molecule has 0 unspecified atom stereocenters. The second kappa shape index (κ2) is 10.5. The number of unbranched alkanes of at least 4 members (excludes halogenated alkanes) is 3. The summed E-state index contributed by atoms with van der Waals surface area (Å²) in [7, 11) is 0. The van der Waals surface area contributed by atoms with Crippen LogP contribution >= 0.6 is 15.9 Å². The van der Waals surface area contributed by atoms with Gasteiger partial charge in [0.05, 0.1) is 6.61 Å². The Labute approximate surface area is 93.8 Å². The fourth-order valence-corrected chi connectivity index (χ4v) is 1.35. The number of carbonyl (C=O) groups is 1. The van der Waals surface area contributed by atoms with Crippen LogP contribution in [0.2, 0.25) is 0 Å². The molecular weight excluding hydrogens is 246 g/mol. The number of esters is 1. The molecule has 4 heteroatoms. The first-order chi connectivity index (χ1) is 6.81. The van der Waals surface area contributed by atoms with E-state index in [-0.39, 0.29) is 18.9 Å². The zero-order chi connectivity index (χ0) is 10.6. The van der Waals surface area contributed by atoms with Crippen molar-refractivity contribution in [1.82, 2.24) is 0 Å². The summed E-state index contributed by atoms with van der Waals surface area (Å²) in [6, 6.07) is 0. The Hall–Kier alpha value is -0.560. The number of ether oxygens (including phenoxy) is 1. The third-order valence-electron chi connectivity index (χ3n) is 1.72. The lowest BCUT2D eigenvalue weighted by molar-refractivity contribution is -0.143. The molecule has 0 saturated carbocycles. The predicted molar refractivity (Wildman–Crippen MR) is 59.3 cm³/mol. The normalized spacial score (nSPS) is 9.43. The van der Waals surface area contributed by atoms with E-state index in [1.807, 2.05) is 0 Å². The molecule has 80 valence electrons. The second-order valence-corrected chi connectivity index (χ2v) is 3.75. The fourth-order valence-electron chi connectivity index (χ4n) is 0.955. The number of hydrogen-bond donors (Lipinski definition) is 0. The van der Waals surface area contributed by atoms with Gasteiger partial charge in [-0.2, -0.15) is 0 Å². The second-order valence-electron chi connectivity index (χ2n) is 2.96. The Morgan fingerprint density at radius 1 is 1.29 bits per heavy atom. The highest BCUT2D eigenvalue weighted by molar-refractivity contribution is 9.09. The van der Waals surface area contributed by atoms with Gasteiger partial charge in [0.25, 0.3) is 0 Å². The lowest BCUT2D eigenvalue weighted by Gasteiger charge is -2.02. The van der Waals surface area contributed by atoms with Crippen molar-refractivity contribution in [2.75, 3.05) is 18.5 Å². The van der Waals surface area contributed by atoms with E-state index in [4.69, 9.17) is 11.3 Å². The molecule has 0 aliphatic carbocycles. The van der Waals surface area contributed by atoms with Crippen molar-refractivity contribution in [2.45, 2.75) is 32.1 Å². The molecule has 0 aliphatic heterocycles. The molecule has 0 atom stereocenters. The Morgan fingerprint density at radius 2 is 2.00 bits per heavy atom. The molecule has 0 aliphatic rings. The number of carbonyl (C=O) groups excluding carboxylic acids is 1. The molecule has 0 rings (SSSR count). The van der Waals surface area contributed by atoms with Crippen LogP contribution in [-0.2, 0) is 9.53 Å². The van der Waals surface area contributed by atoms with E-state index in [0.29, 0.717) is 6.61 Å². The van der Waals surface area contributed by atoms with Crippen molar-refractivity contribution in [3.05, 3.63) is 11.4 Å². The summed E-state index contributed by atoms with van der Waals surface area (Å²) in [5, 5.41) is 1.04. The summed E-state index contributed by atoms with van der Waals surface area (Å²) >= 11 is 3.36. The highest BCUT2D eigenvalue weighted by Gasteiger charge is 2.03. The highest BCUT2D eigenvalue weighted by Crippen LogP contribution is 2.02. The molecule has 14 heavy (non-hydrogen) atoms. The average Bonchev–Trinajstić information content (AvgIpc) is 2.20. The Kier molecular flexibility index (Phi) is 10.1. The van der Waals surface area contributed by atoms with E-state index in [0.717, 1.165) is 18.2 Å². The minimum absolute atomic E-state index is 0.227. The van der Waals surface area contributed by atoms with Crippen LogP contribution in [0, 0.1) is 6.57 Å². The van der Waals surface area contributed by atoms with Gasteiger partial charge in [0.1, 0.15) is 6.42 Å². The summed E-state index contributed by atoms with van der Waals surface area (Å²) in [6.07, 6.45) is 4.60. The van der Waals surface area contributed by atoms with E-state index in [9.17, 15) is 4.79 Å². The van der Waals surface area contributed by atoms with Crippen LogP contribution in [0.5, 0.6) is 0 Å². The van der Waals surface area contributed by atoms with E-state index < -0.39 is 0 Å². The average molecular weight is 262 g/mol. The van der Waals surface area contributed by atoms with Gasteiger partial charge >= 0.3 is 5.97 Å². The third-order valence-corrected chi connectivity index (χ3v) is 2.28. The first kappa shape index (κ1) is 13.4. The Balaban J connectivity index is 3.11. The Bertz CT molecular complexity index is 189. The number of hydrogen-bond acceptors (Lipinski definition) is 2. The number of rotatable bonds is 8. The van der Waals surface area contributed by atoms with Crippen LogP contribution in [0.15, 0.2) is 0 Å². The van der Waals surface area contributed by atoms with Crippen LogP contribution in [0.25, 0.3) is 4.85 Å². The van der Waals surface area contributed by atoms with Gasteiger partial charge < -0.3 is 9.58 Å². The van der Waals surface area contributed by atoms with Gasteiger partial charge in [-0.25, -0.2) is 6.57 Å². The van der Waals surface area contributed by atoms with Crippen LogP contribution in [0.3, 0.4) is 0 Å². The van der Waals surface area contributed by atoms with E-state index in [1.54, 1.807) is 0 Å². The fraction of sp³-hybridized carbons (Fsp3) is 0.800. The van der Waals surface area contributed by atoms with Gasteiger partial charge in [0.2, 0.25) is 6.54 Å². The quantitative estimate of drug-likeness (QED) is 0.291. The zero-order valence-corrected chi connectivity index (χ0v) is 9.88. The summed E-state index contributed by atoms with van der Waals surface area (Å²) < 4.78 is 4.93. The molecule has 0 fully saturated rings. The van der Waals surface area contributed by atoms with E-state index >= 15 is 0 Å². The van der Waals surface area contributed by atoms with E-state index in [2.05, 4.69) is 20.8 Å². The molecule has 0 amide bonds. The molecule has 0 aromatic carbocycles. The highest BCUT2D eigenvalue weighted by atomic mass is 79.9. The molecule has 0 aromatic rings. The molecule has 0 radical (unpaired) electrons. The lowest BCUT2D eigenvalue weighted by atomic mass is 10.2. The number of nitrogens with zero attached hydrogens (tertiary/aromatic N) is 1. The number of alkyl halides is 1. The number of halogens is 1. The summed E-state index contributed by atoms with van der Waals surface area (Å²) in [4.78, 5) is 14.0. The summed E-state index contributed by atoms with van der Waals surface area (Å²) in [5.74, 6) is -0.249. The van der Waals surface area contributed by atoms with Crippen LogP contribution in [0.4, 0.5) is 0 Å². The van der Waals surface area contributed by atoms with Crippen molar-refractivity contribution < 1.29 is 9.53 Å². The van der Waals surface area contributed by atoms with Crippen molar-refractivity contribution in [3.63, 3.8) is 0 Å². The molecular formula is C10H16BrNO2. The maximum atomic E-state index is 10.9. The van der Waals surface area contributed by atoms with Crippen LogP contribution < -0.4 is 0 Å². The molecule has 0 saturated heterocycles. The van der Waals surface area contributed by atoms with Crippen molar-refractivity contribution in [1.29, 1.82) is 0 Å². The summed E-state index contributed by atoms with van der Waals surface area (Å²) in [6.45, 7) is 7.24. The Morgan fingerprint density at radius 3 is 2.64 bits per heavy atom. The summed E-state index contributed by atoms with van der Waals surface area (Å²) in [5.41, 5.74) is 0. The van der Waals surface area contributed by atoms with Gasteiger partial charge in [-0.05, 0) is 12.8 Å². The maximum Gasteiger partial charge on any atom is 0.313 e. The molecule has 0 aromatic heterocycles. The van der Waals surface area contributed by atoms with Crippen molar-refractivity contribution in [3.8, 4) is 0 Å². The molecule has 0 bridgehead atoms. The molecule has 3 nitrogen and oxygen atoms in total. The first-order valence-corrected chi connectivity index (χ1v) is 5.98.